The molecule has 3 aromatic rings. The summed E-state index contributed by atoms with van der Waals surface area (Å²) < 4.78 is 17.7. The maximum absolute atomic E-state index is 13.6. The monoisotopic (exact) mass is 424 g/mol. The molecule has 1 saturated heterocycles. The molecule has 0 saturated carbocycles. The van der Waals surface area contributed by atoms with Gasteiger partial charge in [-0.25, -0.2) is 9.07 Å². The number of rotatable bonds is 7. The quantitative estimate of drug-likeness (QED) is 0.582. The molecule has 0 atom stereocenters. The second kappa shape index (κ2) is 9.24. The van der Waals surface area contributed by atoms with Gasteiger partial charge in [-0.1, -0.05) is 6.92 Å². The first-order valence-electron chi connectivity index (χ1n) is 11.1. The third kappa shape index (κ3) is 4.67. The Morgan fingerprint density at radius 1 is 1.00 bits per heavy atom. The Kier molecular flexibility index (Phi) is 6.43. The first-order chi connectivity index (χ1) is 15.0. The largest absolute Gasteiger partial charge is 0.354 e. The maximum Gasteiger partial charge on any atom is 0.137 e. The van der Waals surface area contributed by atoms with Gasteiger partial charge < -0.3 is 14.4 Å². The Bertz CT molecular complexity index is 998. The van der Waals surface area contributed by atoms with Crippen LogP contribution >= 0.6 is 0 Å². The van der Waals surface area contributed by atoms with Gasteiger partial charge in [-0.05, 0) is 56.9 Å². The van der Waals surface area contributed by atoms with Crippen molar-refractivity contribution in [1.29, 1.82) is 0 Å². The summed E-state index contributed by atoms with van der Waals surface area (Å²) in [4.78, 5) is 7.25. The normalized spacial score (nSPS) is 15.2. The molecule has 0 radical (unpaired) electrons. The van der Waals surface area contributed by atoms with E-state index >= 15 is 0 Å². The summed E-state index contributed by atoms with van der Waals surface area (Å²) in [7, 11) is 4.26. The van der Waals surface area contributed by atoms with Gasteiger partial charge in [-0.15, -0.1) is 0 Å². The van der Waals surface area contributed by atoms with E-state index in [9.17, 15) is 4.39 Å². The number of aryl methyl sites for hydroxylation is 2. The molecular weight excluding hydrogens is 391 g/mol. The van der Waals surface area contributed by atoms with Gasteiger partial charge >= 0.3 is 0 Å². The predicted molar refractivity (Wildman–Crippen MR) is 123 cm³/mol. The SMILES string of the molecule is CCN(Cc1c(C)nn(-c2ccc(F)cc2)c1N1CCN(C)CC1)Cc1cccn1C. The standard InChI is InChI=1S/C24H33FN6/c1-5-29(17-22-7-6-12-28(22)4)18-23-19(2)26-31(21-10-8-20(25)9-11-21)24(23)30-15-13-27(3)14-16-30/h6-12H,5,13-18H2,1-4H3. The third-order valence-electron chi connectivity index (χ3n) is 6.30. The van der Waals surface area contributed by atoms with E-state index in [2.05, 4.69) is 65.5 Å². The second-order valence-corrected chi connectivity index (χ2v) is 8.48. The Morgan fingerprint density at radius 3 is 2.32 bits per heavy atom. The molecule has 0 spiro atoms. The summed E-state index contributed by atoms with van der Waals surface area (Å²) in [6, 6.07) is 10.9. The van der Waals surface area contributed by atoms with Crippen LogP contribution in [0.3, 0.4) is 0 Å². The molecule has 7 heteroatoms. The van der Waals surface area contributed by atoms with Gasteiger partial charge in [0.1, 0.15) is 11.6 Å². The summed E-state index contributed by atoms with van der Waals surface area (Å²) >= 11 is 0. The van der Waals surface area contributed by atoms with Crippen LogP contribution in [0.2, 0.25) is 0 Å². The highest BCUT2D eigenvalue weighted by atomic mass is 19.1. The Balaban J connectivity index is 1.70. The van der Waals surface area contributed by atoms with Gasteiger partial charge in [0.05, 0.1) is 11.4 Å². The first kappa shape index (κ1) is 21.6. The van der Waals surface area contributed by atoms with Crippen LogP contribution in [0.5, 0.6) is 0 Å². The molecule has 0 N–H and O–H groups in total. The number of piperazine rings is 1. The summed E-state index contributed by atoms with van der Waals surface area (Å²) in [5.41, 5.74) is 4.48. The van der Waals surface area contributed by atoms with Crippen molar-refractivity contribution in [2.24, 2.45) is 7.05 Å². The van der Waals surface area contributed by atoms with Crippen molar-refractivity contribution < 1.29 is 4.39 Å². The number of nitrogens with zero attached hydrogens (tertiary/aromatic N) is 6. The van der Waals surface area contributed by atoms with Crippen molar-refractivity contribution in [1.82, 2.24) is 24.1 Å². The molecule has 1 fully saturated rings. The van der Waals surface area contributed by atoms with E-state index in [0.29, 0.717) is 0 Å². The molecule has 1 aliphatic rings. The van der Waals surface area contributed by atoms with E-state index < -0.39 is 0 Å². The molecule has 3 heterocycles. The van der Waals surface area contributed by atoms with Crippen LogP contribution in [0.4, 0.5) is 10.2 Å². The number of anilines is 1. The summed E-state index contributed by atoms with van der Waals surface area (Å²) in [5.74, 6) is 0.913. The van der Waals surface area contributed by atoms with Crippen LogP contribution < -0.4 is 4.90 Å². The molecule has 4 rings (SSSR count). The van der Waals surface area contributed by atoms with Crippen LogP contribution in [0.1, 0.15) is 23.9 Å². The average Bonchev–Trinajstić information content (AvgIpc) is 3.31. The topological polar surface area (TPSA) is 32.5 Å². The molecule has 166 valence electrons. The van der Waals surface area contributed by atoms with Gasteiger partial charge in [-0.3, -0.25) is 4.90 Å². The molecule has 6 nitrogen and oxygen atoms in total. The average molecular weight is 425 g/mol. The van der Waals surface area contributed by atoms with Crippen molar-refractivity contribution >= 4 is 5.82 Å². The Morgan fingerprint density at radius 2 is 1.71 bits per heavy atom. The molecular formula is C24H33FN6. The van der Waals surface area contributed by atoms with E-state index in [1.54, 1.807) is 0 Å². The molecule has 0 bridgehead atoms. The van der Waals surface area contributed by atoms with Gasteiger partial charge in [0.25, 0.3) is 0 Å². The smallest absolute Gasteiger partial charge is 0.137 e. The number of halogens is 1. The van der Waals surface area contributed by atoms with Crippen LogP contribution in [-0.2, 0) is 20.1 Å². The van der Waals surface area contributed by atoms with Gasteiger partial charge in [0, 0.05) is 63.8 Å². The molecule has 0 amide bonds. The summed E-state index contributed by atoms with van der Waals surface area (Å²) in [5, 5.41) is 4.91. The van der Waals surface area contributed by atoms with Crippen molar-refractivity contribution in [2.75, 3.05) is 44.7 Å². The fraction of sp³-hybridized carbons (Fsp3) is 0.458. The van der Waals surface area contributed by atoms with Crippen LogP contribution in [0.25, 0.3) is 5.69 Å². The number of aromatic nitrogens is 3. The van der Waals surface area contributed by atoms with E-state index in [0.717, 1.165) is 63.0 Å². The van der Waals surface area contributed by atoms with Gasteiger partial charge in [0.2, 0.25) is 0 Å². The lowest BCUT2D eigenvalue weighted by Crippen LogP contribution is -2.45. The van der Waals surface area contributed by atoms with E-state index in [1.165, 1.54) is 23.4 Å². The van der Waals surface area contributed by atoms with E-state index in [-0.39, 0.29) is 5.82 Å². The highest BCUT2D eigenvalue weighted by Crippen LogP contribution is 2.30. The number of benzene rings is 1. The summed E-state index contributed by atoms with van der Waals surface area (Å²) in [6.07, 6.45) is 2.09. The zero-order valence-electron chi connectivity index (χ0n) is 19.1. The highest BCUT2D eigenvalue weighted by Gasteiger charge is 2.26. The minimum atomic E-state index is -0.228. The first-order valence-corrected chi connectivity index (χ1v) is 11.1. The lowest BCUT2D eigenvalue weighted by atomic mass is 10.2. The minimum absolute atomic E-state index is 0.228. The molecule has 31 heavy (non-hydrogen) atoms. The zero-order chi connectivity index (χ0) is 22.0. The molecule has 0 aliphatic carbocycles. The highest BCUT2D eigenvalue weighted by molar-refractivity contribution is 5.55. The summed E-state index contributed by atoms with van der Waals surface area (Å²) in [6.45, 7) is 10.9. The minimum Gasteiger partial charge on any atom is -0.354 e. The zero-order valence-corrected chi connectivity index (χ0v) is 19.1. The fourth-order valence-corrected chi connectivity index (χ4v) is 4.23. The van der Waals surface area contributed by atoms with Crippen molar-refractivity contribution in [2.45, 2.75) is 26.9 Å². The van der Waals surface area contributed by atoms with Crippen LogP contribution in [-0.4, -0.2) is 63.9 Å². The van der Waals surface area contributed by atoms with Crippen molar-refractivity contribution in [3.63, 3.8) is 0 Å². The van der Waals surface area contributed by atoms with Crippen LogP contribution in [0, 0.1) is 12.7 Å². The number of hydrogen-bond acceptors (Lipinski definition) is 4. The second-order valence-electron chi connectivity index (χ2n) is 8.48. The Labute approximate surface area is 184 Å². The van der Waals surface area contributed by atoms with Crippen molar-refractivity contribution in [3.8, 4) is 5.69 Å². The van der Waals surface area contributed by atoms with E-state index in [1.807, 2.05) is 16.8 Å². The predicted octanol–water partition coefficient (Wildman–Crippen LogP) is 3.43. The van der Waals surface area contributed by atoms with E-state index in [4.69, 9.17) is 5.10 Å². The number of hydrogen-bond donors (Lipinski definition) is 0. The lowest BCUT2D eigenvalue weighted by molar-refractivity contribution is 0.264. The molecule has 2 aromatic heterocycles. The third-order valence-corrected chi connectivity index (χ3v) is 6.30. The molecule has 0 unspecified atom stereocenters. The van der Waals surface area contributed by atoms with Crippen LogP contribution in [0.15, 0.2) is 42.6 Å². The lowest BCUT2D eigenvalue weighted by Gasteiger charge is -2.35. The molecule has 1 aromatic carbocycles. The van der Waals surface area contributed by atoms with Crippen molar-refractivity contribution in [3.05, 3.63) is 65.4 Å². The van der Waals surface area contributed by atoms with Gasteiger partial charge in [-0.2, -0.15) is 5.10 Å². The Hall–Kier alpha value is -2.64. The molecule has 1 aliphatic heterocycles. The maximum atomic E-state index is 13.6. The van der Waals surface area contributed by atoms with Gasteiger partial charge in [0.15, 0.2) is 0 Å². The fourth-order valence-electron chi connectivity index (χ4n) is 4.23. The number of likely N-dealkylation sites (N-methyl/N-ethyl adjacent to an activating group) is 1.